The smallest absolute Gasteiger partial charge is 0.456 e. The third-order valence-corrected chi connectivity index (χ3v) is 6.06. The molecular formula is C17H8F6N2O4S. The molecule has 0 saturated heterocycles. The average molecular weight is 450 g/mol. The van der Waals surface area contributed by atoms with E-state index in [4.69, 9.17) is 4.74 Å². The van der Waals surface area contributed by atoms with E-state index in [0.29, 0.717) is 6.07 Å². The van der Waals surface area contributed by atoms with Crippen LogP contribution >= 0.6 is 0 Å². The Balaban J connectivity index is 1.91. The van der Waals surface area contributed by atoms with Crippen LogP contribution in [0.25, 0.3) is 10.9 Å². The molecule has 1 heterocycles. The highest BCUT2D eigenvalue weighted by Crippen LogP contribution is 2.46. The van der Waals surface area contributed by atoms with Crippen molar-refractivity contribution in [3.05, 3.63) is 47.4 Å². The molecule has 0 spiro atoms. The molecule has 6 nitrogen and oxygen atoms in total. The van der Waals surface area contributed by atoms with Crippen molar-refractivity contribution in [1.29, 1.82) is 0 Å². The van der Waals surface area contributed by atoms with Crippen LogP contribution in [0.2, 0.25) is 0 Å². The Morgan fingerprint density at radius 1 is 1.10 bits per heavy atom. The third-order valence-electron chi connectivity index (χ3n) is 4.53. The second-order valence-electron chi connectivity index (χ2n) is 6.38. The summed E-state index contributed by atoms with van der Waals surface area (Å²) in [6.45, 7) is 0. The highest BCUT2D eigenvalue weighted by molar-refractivity contribution is 7.92. The van der Waals surface area contributed by atoms with Crippen LogP contribution in [0.15, 0.2) is 35.4 Å². The fourth-order valence-corrected chi connectivity index (χ4v) is 4.13. The van der Waals surface area contributed by atoms with Crippen LogP contribution in [-0.4, -0.2) is 35.8 Å². The number of aromatic amines is 1. The summed E-state index contributed by atoms with van der Waals surface area (Å²) in [5.41, 5.74) is -7.86. The first-order valence-corrected chi connectivity index (χ1v) is 9.52. The topological polar surface area (TPSA) is 89.1 Å². The standard InChI is InChI=1S/C17H8F6N2O4S/c18-9-1-2-11(8-6-24-25-14(8)9)29-10-3-4-12(30(27,28)17(21,22)23)13-7(10)5-16(19,20)15(13)26/h1-4,6H,5H2,(H,24,25). The average Bonchev–Trinajstić information content (AvgIpc) is 3.22. The third kappa shape index (κ3) is 2.83. The normalized spacial score (nSPS) is 16.1. The van der Waals surface area contributed by atoms with Gasteiger partial charge >= 0.3 is 11.4 Å². The Bertz CT molecular complexity index is 1310. The number of Topliss-reactive ketones (excluding diaryl/α,β-unsaturated/α-hetero) is 1. The number of nitrogens with one attached hydrogen (secondary N) is 1. The second-order valence-corrected chi connectivity index (χ2v) is 8.29. The first-order chi connectivity index (χ1) is 13.8. The van der Waals surface area contributed by atoms with Crippen molar-refractivity contribution >= 4 is 26.5 Å². The van der Waals surface area contributed by atoms with E-state index in [1.54, 1.807) is 0 Å². The number of hydrogen-bond donors (Lipinski definition) is 1. The van der Waals surface area contributed by atoms with Gasteiger partial charge in [0, 0.05) is 12.0 Å². The van der Waals surface area contributed by atoms with Crippen molar-refractivity contribution in [2.75, 3.05) is 0 Å². The maximum atomic E-state index is 14.0. The van der Waals surface area contributed by atoms with Gasteiger partial charge in [0.1, 0.15) is 22.8 Å². The number of ketones is 1. The number of fused-ring (bicyclic) bond motifs is 2. The number of ether oxygens (including phenoxy) is 1. The summed E-state index contributed by atoms with van der Waals surface area (Å²) >= 11 is 0. The van der Waals surface area contributed by atoms with Gasteiger partial charge in [-0.3, -0.25) is 9.89 Å². The quantitative estimate of drug-likeness (QED) is 0.606. The summed E-state index contributed by atoms with van der Waals surface area (Å²) in [6.07, 6.45) is -0.191. The van der Waals surface area contributed by atoms with Crippen LogP contribution in [0.5, 0.6) is 11.5 Å². The minimum Gasteiger partial charge on any atom is -0.456 e. The molecule has 0 amide bonds. The predicted octanol–water partition coefficient (Wildman–Crippen LogP) is 4.16. The van der Waals surface area contributed by atoms with Gasteiger partial charge in [0.25, 0.3) is 9.84 Å². The molecule has 1 N–H and O–H groups in total. The summed E-state index contributed by atoms with van der Waals surface area (Å²) in [5.74, 6) is -7.44. The molecule has 30 heavy (non-hydrogen) atoms. The number of alkyl halides is 5. The van der Waals surface area contributed by atoms with E-state index >= 15 is 0 Å². The Morgan fingerprint density at radius 2 is 1.77 bits per heavy atom. The van der Waals surface area contributed by atoms with Crippen molar-refractivity contribution < 1.29 is 44.3 Å². The summed E-state index contributed by atoms with van der Waals surface area (Å²) in [5, 5.41) is 6.06. The zero-order valence-corrected chi connectivity index (χ0v) is 15.2. The van der Waals surface area contributed by atoms with Gasteiger partial charge in [-0.05, 0) is 24.3 Å². The van der Waals surface area contributed by atoms with E-state index < -0.39 is 61.1 Å². The van der Waals surface area contributed by atoms with Gasteiger partial charge in [0.15, 0.2) is 0 Å². The molecule has 0 saturated carbocycles. The number of H-pyrrole nitrogens is 1. The number of aromatic nitrogens is 2. The first kappa shape index (κ1) is 20.2. The predicted molar refractivity (Wildman–Crippen MR) is 88.8 cm³/mol. The summed E-state index contributed by atoms with van der Waals surface area (Å²) in [7, 11) is -6.08. The molecule has 0 radical (unpaired) electrons. The van der Waals surface area contributed by atoms with Crippen LogP contribution in [-0.2, 0) is 16.3 Å². The van der Waals surface area contributed by atoms with E-state index in [0.717, 1.165) is 24.4 Å². The van der Waals surface area contributed by atoms with Crippen molar-refractivity contribution in [3.8, 4) is 11.5 Å². The van der Waals surface area contributed by atoms with Crippen LogP contribution in [0, 0.1) is 5.82 Å². The fraction of sp³-hybridized carbons (Fsp3) is 0.176. The molecule has 0 aliphatic heterocycles. The monoisotopic (exact) mass is 450 g/mol. The SMILES string of the molecule is O=C1c2c(S(=O)(=O)C(F)(F)F)ccc(Oc3ccc(F)c4[nH]ncc34)c2CC1(F)F. The van der Waals surface area contributed by atoms with Gasteiger partial charge in [-0.25, -0.2) is 12.8 Å². The Kier molecular flexibility index (Phi) is 4.18. The van der Waals surface area contributed by atoms with Crippen LogP contribution in [0.3, 0.4) is 0 Å². The minimum atomic E-state index is -6.08. The van der Waals surface area contributed by atoms with Crippen molar-refractivity contribution in [2.45, 2.75) is 22.7 Å². The molecule has 0 bridgehead atoms. The zero-order valence-electron chi connectivity index (χ0n) is 14.4. The highest BCUT2D eigenvalue weighted by Gasteiger charge is 2.55. The summed E-state index contributed by atoms with van der Waals surface area (Å²) in [4.78, 5) is 10.5. The van der Waals surface area contributed by atoms with Gasteiger partial charge in [-0.1, -0.05) is 0 Å². The zero-order chi connectivity index (χ0) is 22.1. The van der Waals surface area contributed by atoms with Gasteiger partial charge in [-0.2, -0.15) is 27.1 Å². The lowest BCUT2D eigenvalue weighted by atomic mass is 10.1. The van der Waals surface area contributed by atoms with Crippen molar-refractivity contribution in [2.24, 2.45) is 0 Å². The van der Waals surface area contributed by atoms with Gasteiger partial charge in [0.05, 0.1) is 22.0 Å². The number of sulfone groups is 1. The Hall–Kier alpha value is -3.09. The molecule has 2 aromatic carbocycles. The minimum absolute atomic E-state index is 0.0816. The molecular weight excluding hydrogens is 442 g/mol. The lowest BCUT2D eigenvalue weighted by Gasteiger charge is -2.15. The number of hydrogen-bond acceptors (Lipinski definition) is 5. The van der Waals surface area contributed by atoms with Crippen molar-refractivity contribution in [1.82, 2.24) is 10.2 Å². The van der Waals surface area contributed by atoms with Gasteiger partial charge < -0.3 is 4.74 Å². The number of halogens is 6. The lowest BCUT2D eigenvalue weighted by molar-refractivity contribution is -0.0436. The Labute approximate surface area is 163 Å². The van der Waals surface area contributed by atoms with E-state index in [9.17, 15) is 39.6 Å². The van der Waals surface area contributed by atoms with E-state index in [-0.39, 0.29) is 16.7 Å². The van der Waals surface area contributed by atoms with Gasteiger partial charge in [0.2, 0.25) is 5.78 Å². The number of nitrogens with zero attached hydrogens (tertiary/aromatic N) is 1. The molecule has 158 valence electrons. The summed E-state index contributed by atoms with van der Waals surface area (Å²) in [6, 6.07) is 3.21. The number of benzene rings is 2. The van der Waals surface area contributed by atoms with E-state index in [1.807, 2.05) is 0 Å². The maximum absolute atomic E-state index is 14.0. The molecule has 0 fully saturated rings. The molecule has 1 aromatic heterocycles. The van der Waals surface area contributed by atoms with Crippen LogP contribution in [0.4, 0.5) is 26.3 Å². The van der Waals surface area contributed by atoms with E-state index in [2.05, 4.69) is 10.2 Å². The van der Waals surface area contributed by atoms with Gasteiger partial charge in [-0.15, -0.1) is 0 Å². The molecule has 1 aliphatic rings. The molecule has 0 unspecified atom stereocenters. The Morgan fingerprint density at radius 3 is 2.43 bits per heavy atom. The molecule has 0 atom stereocenters. The largest absolute Gasteiger partial charge is 0.501 e. The molecule has 3 aromatic rings. The molecule has 4 rings (SSSR count). The van der Waals surface area contributed by atoms with Crippen LogP contribution < -0.4 is 4.74 Å². The first-order valence-electron chi connectivity index (χ1n) is 8.04. The molecule has 1 aliphatic carbocycles. The highest BCUT2D eigenvalue weighted by atomic mass is 32.2. The second kappa shape index (κ2) is 6.20. The summed E-state index contributed by atoms with van der Waals surface area (Å²) < 4.78 is 110. The maximum Gasteiger partial charge on any atom is 0.501 e. The van der Waals surface area contributed by atoms with Crippen LogP contribution in [0.1, 0.15) is 15.9 Å². The molecule has 13 heteroatoms. The number of rotatable bonds is 3. The van der Waals surface area contributed by atoms with E-state index in [1.165, 1.54) is 0 Å². The van der Waals surface area contributed by atoms with Crippen molar-refractivity contribution in [3.63, 3.8) is 0 Å². The lowest BCUT2D eigenvalue weighted by Crippen LogP contribution is -2.28. The number of carbonyl (C=O) groups excluding carboxylic acids is 1. The fourth-order valence-electron chi connectivity index (χ4n) is 3.15. The number of carbonyl (C=O) groups is 1.